The number of aliphatic carboxylic acids is 1. The molecule has 1 aromatic rings. The predicted octanol–water partition coefficient (Wildman–Crippen LogP) is 2.10. The SMILES string of the molecule is CC(C)[C@H](NC(=O)[C@@H](N)CCCCN)C(=O)N[C@@H](Cc1ccc(N(CCCl)CCCl)cc1)C(=O)O.Cl. The minimum absolute atomic E-state index is 0. The topological polar surface area (TPSA) is 151 Å². The van der Waals surface area contributed by atoms with Crippen molar-refractivity contribution in [2.24, 2.45) is 17.4 Å². The fourth-order valence-electron chi connectivity index (χ4n) is 3.55. The van der Waals surface area contributed by atoms with Crippen LogP contribution in [-0.4, -0.2) is 72.4 Å². The Hall–Kier alpha value is -1.78. The Labute approximate surface area is 230 Å². The van der Waals surface area contributed by atoms with E-state index < -0.39 is 35.9 Å². The van der Waals surface area contributed by atoms with Crippen molar-refractivity contribution in [3.63, 3.8) is 0 Å². The molecule has 0 aromatic heterocycles. The first-order valence-electron chi connectivity index (χ1n) is 11.9. The molecule has 0 aliphatic carbocycles. The Balaban J connectivity index is 0.0000122. The minimum Gasteiger partial charge on any atom is -0.480 e. The maximum atomic E-state index is 12.9. The zero-order valence-corrected chi connectivity index (χ0v) is 23.2. The maximum Gasteiger partial charge on any atom is 0.326 e. The number of halogens is 3. The van der Waals surface area contributed by atoms with Gasteiger partial charge in [0.05, 0.1) is 6.04 Å². The summed E-state index contributed by atoms with van der Waals surface area (Å²) < 4.78 is 0. The van der Waals surface area contributed by atoms with Crippen molar-refractivity contribution in [1.82, 2.24) is 10.6 Å². The third-order valence-electron chi connectivity index (χ3n) is 5.62. The average Bonchev–Trinajstić information content (AvgIpc) is 2.82. The minimum atomic E-state index is -1.17. The van der Waals surface area contributed by atoms with Crippen molar-refractivity contribution >= 4 is 59.1 Å². The second-order valence-electron chi connectivity index (χ2n) is 8.76. The number of benzene rings is 1. The first kappa shape index (κ1) is 34.2. The van der Waals surface area contributed by atoms with Crippen LogP contribution in [-0.2, 0) is 20.8 Å². The van der Waals surface area contributed by atoms with E-state index in [0.29, 0.717) is 44.2 Å². The molecule has 206 valence electrons. The second kappa shape index (κ2) is 18.5. The second-order valence-corrected chi connectivity index (χ2v) is 9.51. The molecule has 2 amide bonds. The van der Waals surface area contributed by atoms with Gasteiger partial charge in [0.15, 0.2) is 0 Å². The van der Waals surface area contributed by atoms with E-state index in [2.05, 4.69) is 10.6 Å². The van der Waals surface area contributed by atoms with Crippen molar-refractivity contribution < 1.29 is 19.5 Å². The van der Waals surface area contributed by atoms with Gasteiger partial charge in [0, 0.05) is 37.0 Å². The fraction of sp³-hybridized carbons (Fsp3) is 0.625. The van der Waals surface area contributed by atoms with E-state index >= 15 is 0 Å². The van der Waals surface area contributed by atoms with E-state index in [1.807, 2.05) is 29.2 Å². The first-order chi connectivity index (χ1) is 16.6. The summed E-state index contributed by atoms with van der Waals surface area (Å²) in [5.41, 5.74) is 13.1. The zero-order valence-electron chi connectivity index (χ0n) is 20.9. The number of hydrogen-bond acceptors (Lipinski definition) is 6. The van der Waals surface area contributed by atoms with Gasteiger partial charge >= 0.3 is 5.97 Å². The summed E-state index contributed by atoms with van der Waals surface area (Å²) >= 11 is 11.7. The van der Waals surface area contributed by atoms with Gasteiger partial charge in [-0.05, 0) is 43.0 Å². The molecule has 0 unspecified atom stereocenters. The molecule has 7 N–H and O–H groups in total. The number of carboxylic acid groups (broad SMARTS) is 1. The molecule has 0 radical (unpaired) electrons. The number of hydrogen-bond donors (Lipinski definition) is 5. The number of rotatable bonds is 17. The first-order valence-corrected chi connectivity index (χ1v) is 13.0. The Morgan fingerprint density at radius 1 is 1.00 bits per heavy atom. The Morgan fingerprint density at radius 3 is 2.06 bits per heavy atom. The zero-order chi connectivity index (χ0) is 26.4. The summed E-state index contributed by atoms with van der Waals surface area (Å²) in [5.74, 6) is -1.53. The highest BCUT2D eigenvalue weighted by Gasteiger charge is 2.30. The summed E-state index contributed by atoms with van der Waals surface area (Å²) in [6, 6.07) is 4.54. The van der Waals surface area contributed by atoms with Crippen LogP contribution in [0.2, 0.25) is 0 Å². The number of carboxylic acids is 1. The molecule has 0 saturated heterocycles. The molecule has 1 aromatic carbocycles. The molecular formula is C24H40Cl3N5O4. The normalized spacial score (nSPS) is 13.3. The summed E-state index contributed by atoms with van der Waals surface area (Å²) in [6.07, 6.45) is 2.01. The lowest BCUT2D eigenvalue weighted by Crippen LogP contribution is -2.56. The standard InChI is InChI=1S/C24H39Cl2N5O4.ClH/c1-16(2)21(30-22(32)19(28)5-3-4-12-27)23(33)29-20(24(34)35)15-17-6-8-18(9-7-17)31(13-10-25)14-11-26;/h6-9,16,19-21H,3-5,10-15,27-28H2,1-2H3,(H,29,33)(H,30,32)(H,34,35);1H/t19-,20-,21-;/m0./s1. The summed E-state index contributed by atoms with van der Waals surface area (Å²) in [6.45, 7) is 5.34. The lowest BCUT2D eigenvalue weighted by molar-refractivity contribution is -0.142. The summed E-state index contributed by atoms with van der Waals surface area (Å²) in [4.78, 5) is 39.3. The average molecular weight is 569 g/mol. The molecule has 1 rings (SSSR count). The molecular weight excluding hydrogens is 529 g/mol. The van der Waals surface area contributed by atoms with Gasteiger partial charge in [-0.15, -0.1) is 35.6 Å². The van der Waals surface area contributed by atoms with E-state index in [0.717, 1.165) is 17.7 Å². The van der Waals surface area contributed by atoms with Crippen LogP contribution in [0.5, 0.6) is 0 Å². The highest BCUT2D eigenvalue weighted by molar-refractivity contribution is 6.18. The van der Waals surface area contributed by atoms with E-state index in [-0.39, 0.29) is 24.7 Å². The van der Waals surface area contributed by atoms with Crippen LogP contribution in [0.1, 0.15) is 38.7 Å². The smallest absolute Gasteiger partial charge is 0.326 e. The molecule has 9 nitrogen and oxygen atoms in total. The molecule has 3 atom stereocenters. The van der Waals surface area contributed by atoms with Gasteiger partial charge in [0.1, 0.15) is 12.1 Å². The van der Waals surface area contributed by atoms with Gasteiger partial charge in [0.25, 0.3) is 0 Å². The number of alkyl halides is 2. The molecule has 0 bridgehead atoms. The van der Waals surface area contributed by atoms with Crippen LogP contribution in [0.15, 0.2) is 24.3 Å². The molecule has 0 fully saturated rings. The van der Waals surface area contributed by atoms with Crippen LogP contribution in [0.25, 0.3) is 0 Å². The summed E-state index contributed by atoms with van der Waals surface area (Å²) in [7, 11) is 0. The lowest BCUT2D eigenvalue weighted by atomic mass is 10.0. The third kappa shape index (κ3) is 12.0. The predicted molar refractivity (Wildman–Crippen MR) is 148 cm³/mol. The highest BCUT2D eigenvalue weighted by Crippen LogP contribution is 2.17. The van der Waals surface area contributed by atoms with Crippen molar-refractivity contribution in [2.75, 3.05) is 36.3 Å². The number of unbranched alkanes of at least 4 members (excludes halogenated alkanes) is 1. The fourth-order valence-corrected chi connectivity index (χ4v) is 3.96. The summed E-state index contributed by atoms with van der Waals surface area (Å²) in [5, 5.41) is 14.9. The number of nitrogens with one attached hydrogen (secondary N) is 2. The van der Waals surface area contributed by atoms with Gasteiger partial charge in [-0.1, -0.05) is 32.4 Å². The van der Waals surface area contributed by atoms with Gasteiger partial charge in [-0.3, -0.25) is 9.59 Å². The van der Waals surface area contributed by atoms with Crippen molar-refractivity contribution in [3.8, 4) is 0 Å². The number of amides is 2. The number of carbonyl (C=O) groups excluding carboxylic acids is 2. The van der Waals surface area contributed by atoms with Crippen molar-refractivity contribution in [3.05, 3.63) is 29.8 Å². The monoisotopic (exact) mass is 567 g/mol. The number of carbonyl (C=O) groups is 3. The Kier molecular flexibility index (Phi) is 17.5. The van der Waals surface area contributed by atoms with E-state index in [1.54, 1.807) is 13.8 Å². The lowest BCUT2D eigenvalue weighted by Gasteiger charge is -2.26. The maximum absolute atomic E-state index is 12.9. The number of nitrogens with two attached hydrogens (primary N) is 2. The van der Waals surface area contributed by atoms with Crippen molar-refractivity contribution in [1.29, 1.82) is 0 Å². The largest absolute Gasteiger partial charge is 0.480 e. The molecule has 0 aliphatic rings. The number of anilines is 1. The highest BCUT2D eigenvalue weighted by atomic mass is 35.5. The van der Waals surface area contributed by atoms with Crippen molar-refractivity contribution in [2.45, 2.75) is 57.7 Å². The van der Waals surface area contributed by atoms with Crippen LogP contribution in [0.3, 0.4) is 0 Å². The van der Waals surface area contributed by atoms with Gasteiger partial charge in [-0.2, -0.15) is 0 Å². The van der Waals surface area contributed by atoms with Gasteiger partial charge in [0.2, 0.25) is 11.8 Å². The molecule has 0 saturated carbocycles. The molecule has 0 spiro atoms. The Morgan fingerprint density at radius 2 is 1.58 bits per heavy atom. The molecule has 12 heteroatoms. The Bertz CT molecular complexity index is 792. The quantitative estimate of drug-likeness (QED) is 0.143. The van der Waals surface area contributed by atoms with Gasteiger partial charge in [-0.25, -0.2) is 4.79 Å². The van der Waals surface area contributed by atoms with E-state index in [9.17, 15) is 19.5 Å². The molecule has 0 heterocycles. The molecule has 36 heavy (non-hydrogen) atoms. The van der Waals surface area contributed by atoms with E-state index in [4.69, 9.17) is 34.7 Å². The van der Waals surface area contributed by atoms with E-state index in [1.165, 1.54) is 0 Å². The van der Waals surface area contributed by atoms with Crippen LogP contribution in [0.4, 0.5) is 5.69 Å². The number of nitrogens with zero attached hydrogens (tertiary/aromatic N) is 1. The van der Waals surface area contributed by atoms with Crippen LogP contribution < -0.4 is 27.0 Å². The molecule has 0 aliphatic heterocycles. The van der Waals surface area contributed by atoms with Gasteiger partial charge < -0.3 is 32.1 Å². The third-order valence-corrected chi connectivity index (χ3v) is 5.96. The van der Waals surface area contributed by atoms with Crippen LogP contribution >= 0.6 is 35.6 Å². The van der Waals surface area contributed by atoms with Crippen LogP contribution in [0, 0.1) is 5.92 Å².